The van der Waals surface area contributed by atoms with E-state index < -0.39 is 5.82 Å². The number of hydrogen-bond donors (Lipinski definition) is 1. The average molecular weight is 449 g/mol. The highest BCUT2D eigenvalue weighted by atomic mass is 35.5. The molecule has 4 rings (SSSR count). The third kappa shape index (κ3) is 4.33. The number of pyridine rings is 1. The Kier molecular flexibility index (Phi) is 6.06. The van der Waals surface area contributed by atoms with Crippen LogP contribution >= 0.6 is 11.6 Å². The standard InChI is InChI=1S/C21H23ClF2N6O/c1-3-14-21(31)27-19-15(25-14)5-4-13(18(19)23)12-29-8-10-30(11-9-29)16-6-7-17(28(2)24)26-20(16)22/h4-7H,3,8-12H2,1-2H3,(H,27,31). The molecule has 164 valence electrons. The second-order valence-corrected chi connectivity index (χ2v) is 7.88. The SMILES string of the molecule is CCc1nc2ccc(CN3CCN(c4ccc(N(C)F)nc4Cl)CC3)c(F)c2[nH]c1=O. The van der Waals surface area contributed by atoms with Crippen molar-refractivity contribution >= 4 is 34.1 Å². The van der Waals surface area contributed by atoms with Crippen molar-refractivity contribution in [2.45, 2.75) is 19.9 Å². The van der Waals surface area contributed by atoms with Gasteiger partial charge in [-0.2, -0.15) is 5.12 Å². The molecular weight excluding hydrogens is 426 g/mol. The summed E-state index contributed by atoms with van der Waals surface area (Å²) in [4.78, 5) is 27.2. The van der Waals surface area contributed by atoms with Crippen molar-refractivity contribution in [2.24, 2.45) is 0 Å². The predicted octanol–water partition coefficient (Wildman–Crippen LogP) is 3.32. The lowest BCUT2D eigenvalue weighted by molar-refractivity contribution is 0.247. The molecule has 0 aliphatic carbocycles. The summed E-state index contributed by atoms with van der Waals surface area (Å²) in [5.41, 5.74) is 1.91. The van der Waals surface area contributed by atoms with Gasteiger partial charge in [-0.3, -0.25) is 9.69 Å². The highest BCUT2D eigenvalue weighted by molar-refractivity contribution is 6.32. The molecule has 1 aliphatic heterocycles. The summed E-state index contributed by atoms with van der Waals surface area (Å²) in [7, 11) is 1.26. The van der Waals surface area contributed by atoms with Crippen LogP contribution in [0.15, 0.2) is 29.1 Å². The van der Waals surface area contributed by atoms with Crippen LogP contribution in [0.5, 0.6) is 0 Å². The maximum atomic E-state index is 15.0. The van der Waals surface area contributed by atoms with Gasteiger partial charge in [0.2, 0.25) is 0 Å². The molecule has 3 aromatic rings. The summed E-state index contributed by atoms with van der Waals surface area (Å²) in [6.07, 6.45) is 0.492. The van der Waals surface area contributed by atoms with E-state index in [9.17, 15) is 9.28 Å². The van der Waals surface area contributed by atoms with E-state index in [-0.39, 0.29) is 22.0 Å². The van der Waals surface area contributed by atoms with Crippen LogP contribution in [0, 0.1) is 5.82 Å². The first-order valence-electron chi connectivity index (χ1n) is 10.1. The van der Waals surface area contributed by atoms with Gasteiger partial charge in [0.25, 0.3) is 5.56 Å². The quantitative estimate of drug-likeness (QED) is 0.477. The van der Waals surface area contributed by atoms with Gasteiger partial charge in [0, 0.05) is 45.3 Å². The van der Waals surface area contributed by atoms with Gasteiger partial charge in [-0.1, -0.05) is 29.1 Å². The fourth-order valence-corrected chi connectivity index (χ4v) is 4.05. The molecule has 0 saturated carbocycles. The van der Waals surface area contributed by atoms with E-state index in [2.05, 4.69) is 24.8 Å². The minimum atomic E-state index is -0.439. The minimum absolute atomic E-state index is 0.147. The molecule has 1 aliphatic rings. The zero-order valence-corrected chi connectivity index (χ0v) is 18.1. The van der Waals surface area contributed by atoms with Crippen molar-refractivity contribution in [3.8, 4) is 0 Å². The number of rotatable bonds is 5. The monoisotopic (exact) mass is 448 g/mol. The first-order chi connectivity index (χ1) is 14.9. The Morgan fingerprint density at radius 2 is 1.90 bits per heavy atom. The minimum Gasteiger partial charge on any atom is -0.366 e. The summed E-state index contributed by atoms with van der Waals surface area (Å²) >= 11 is 6.24. The van der Waals surface area contributed by atoms with Crippen LogP contribution in [0.1, 0.15) is 18.2 Å². The van der Waals surface area contributed by atoms with Crippen molar-refractivity contribution in [1.29, 1.82) is 0 Å². The Bertz CT molecular complexity index is 1160. The number of aryl methyl sites for hydroxylation is 1. The van der Waals surface area contributed by atoms with Crippen molar-refractivity contribution in [1.82, 2.24) is 19.9 Å². The molecule has 0 atom stereocenters. The van der Waals surface area contributed by atoms with Crippen LogP contribution in [0.2, 0.25) is 5.15 Å². The van der Waals surface area contributed by atoms with Gasteiger partial charge in [-0.15, -0.1) is 0 Å². The molecule has 0 spiro atoms. The lowest BCUT2D eigenvalue weighted by Gasteiger charge is -2.36. The van der Waals surface area contributed by atoms with Gasteiger partial charge in [0.05, 0.1) is 11.2 Å². The van der Waals surface area contributed by atoms with Crippen LogP contribution in [0.3, 0.4) is 0 Å². The number of aromatic nitrogens is 3. The highest BCUT2D eigenvalue weighted by Crippen LogP contribution is 2.28. The van der Waals surface area contributed by atoms with E-state index in [1.165, 1.54) is 7.05 Å². The topological polar surface area (TPSA) is 68.4 Å². The van der Waals surface area contributed by atoms with Crippen LogP contribution < -0.4 is 15.6 Å². The Morgan fingerprint density at radius 1 is 1.16 bits per heavy atom. The average Bonchev–Trinajstić information content (AvgIpc) is 2.76. The van der Waals surface area contributed by atoms with Crippen LogP contribution in [0.4, 0.5) is 20.4 Å². The molecule has 1 fully saturated rings. The number of H-pyrrole nitrogens is 1. The number of anilines is 2. The molecule has 0 amide bonds. The van der Waals surface area contributed by atoms with E-state index in [1.807, 2.05) is 6.92 Å². The van der Waals surface area contributed by atoms with E-state index in [0.29, 0.717) is 61.0 Å². The highest BCUT2D eigenvalue weighted by Gasteiger charge is 2.22. The van der Waals surface area contributed by atoms with Crippen molar-refractivity contribution < 1.29 is 8.87 Å². The van der Waals surface area contributed by atoms with Crippen molar-refractivity contribution in [2.75, 3.05) is 43.2 Å². The van der Waals surface area contributed by atoms with Crippen molar-refractivity contribution in [3.63, 3.8) is 0 Å². The molecule has 1 saturated heterocycles. The number of aromatic amines is 1. The summed E-state index contributed by atoms with van der Waals surface area (Å²) in [5.74, 6) is -0.289. The zero-order valence-electron chi connectivity index (χ0n) is 17.3. The number of hydrogen-bond acceptors (Lipinski definition) is 6. The normalized spacial score (nSPS) is 14.9. The third-order valence-electron chi connectivity index (χ3n) is 5.53. The molecule has 10 heteroatoms. The van der Waals surface area contributed by atoms with Gasteiger partial charge < -0.3 is 9.88 Å². The number of halogens is 3. The van der Waals surface area contributed by atoms with Gasteiger partial charge in [0.15, 0.2) is 16.8 Å². The number of nitrogens with zero attached hydrogens (tertiary/aromatic N) is 5. The molecule has 3 heterocycles. The van der Waals surface area contributed by atoms with Crippen LogP contribution in [0.25, 0.3) is 11.0 Å². The molecular formula is C21H23ClF2N6O. The fourth-order valence-electron chi connectivity index (χ4n) is 3.78. The third-order valence-corrected chi connectivity index (χ3v) is 5.81. The van der Waals surface area contributed by atoms with Crippen LogP contribution in [-0.4, -0.2) is 53.1 Å². The summed E-state index contributed by atoms with van der Waals surface area (Å²) < 4.78 is 28.3. The maximum absolute atomic E-state index is 15.0. The van der Waals surface area contributed by atoms with E-state index in [0.717, 1.165) is 5.69 Å². The molecule has 2 aromatic heterocycles. The number of fused-ring (bicyclic) bond motifs is 1. The molecule has 0 radical (unpaired) electrons. The lowest BCUT2D eigenvalue weighted by Crippen LogP contribution is -2.46. The van der Waals surface area contributed by atoms with Crippen LogP contribution in [-0.2, 0) is 13.0 Å². The number of benzene rings is 1. The van der Waals surface area contributed by atoms with Gasteiger partial charge >= 0.3 is 0 Å². The Morgan fingerprint density at radius 3 is 2.55 bits per heavy atom. The molecule has 1 aromatic carbocycles. The van der Waals surface area contributed by atoms with Gasteiger partial charge in [0.1, 0.15) is 11.2 Å². The fraction of sp³-hybridized carbons (Fsp3) is 0.381. The maximum Gasteiger partial charge on any atom is 0.270 e. The van der Waals surface area contributed by atoms with Gasteiger partial charge in [-0.25, -0.2) is 14.4 Å². The zero-order chi connectivity index (χ0) is 22.1. The van der Waals surface area contributed by atoms with E-state index in [1.54, 1.807) is 24.3 Å². The molecule has 7 nitrogen and oxygen atoms in total. The molecule has 31 heavy (non-hydrogen) atoms. The Balaban J connectivity index is 1.46. The van der Waals surface area contributed by atoms with E-state index in [4.69, 9.17) is 11.6 Å². The second kappa shape index (κ2) is 8.76. The molecule has 1 N–H and O–H groups in total. The summed E-state index contributed by atoms with van der Waals surface area (Å²) in [5, 5.41) is 0.663. The largest absolute Gasteiger partial charge is 0.366 e. The number of piperazine rings is 1. The molecule has 0 bridgehead atoms. The first kappa shape index (κ1) is 21.5. The van der Waals surface area contributed by atoms with E-state index >= 15 is 4.39 Å². The van der Waals surface area contributed by atoms with Gasteiger partial charge in [-0.05, 0) is 24.6 Å². The number of nitrogens with one attached hydrogen (secondary N) is 1. The smallest absolute Gasteiger partial charge is 0.270 e. The Labute approximate surface area is 183 Å². The van der Waals surface area contributed by atoms with Crippen molar-refractivity contribution in [3.05, 3.63) is 56.8 Å². The molecule has 0 unspecified atom stereocenters. The predicted molar refractivity (Wildman–Crippen MR) is 118 cm³/mol. The summed E-state index contributed by atoms with van der Waals surface area (Å²) in [6.45, 7) is 5.01. The Hall–Kier alpha value is -2.78. The lowest BCUT2D eigenvalue weighted by atomic mass is 10.1. The second-order valence-electron chi connectivity index (χ2n) is 7.52. The summed E-state index contributed by atoms with van der Waals surface area (Å²) in [6, 6.07) is 6.81. The first-order valence-corrected chi connectivity index (χ1v) is 10.5.